The Hall–Kier alpha value is -3.04. The van der Waals surface area contributed by atoms with Crippen molar-refractivity contribution in [3.8, 4) is 22.5 Å². The van der Waals surface area contributed by atoms with E-state index in [-0.39, 0.29) is 29.7 Å². The molecule has 3 aromatic carbocycles. The summed E-state index contributed by atoms with van der Waals surface area (Å²) in [6.07, 6.45) is 0. The standard InChI is InChI=1S/C23H16N2S/c1-15-24-19(16-8-3-2-4-9-16)14-20(25-15)17-11-7-13-22-23(17)18-10-5-6-12-21(18)26-22/h2-14H,1H3/i2D,3D,4D,8D,9D. The topological polar surface area (TPSA) is 25.8 Å². The lowest BCUT2D eigenvalue weighted by molar-refractivity contribution is 1.06. The first-order valence-electron chi connectivity index (χ1n) is 10.7. The molecule has 0 aliphatic heterocycles. The summed E-state index contributed by atoms with van der Waals surface area (Å²) >= 11 is 1.71. The summed E-state index contributed by atoms with van der Waals surface area (Å²) in [6, 6.07) is 14.3. The van der Waals surface area contributed by atoms with Gasteiger partial charge in [-0.3, -0.25) is 0 Å². The molecule has 0 spiro atoms. The molecule has 2 aromatic heterocycles. The van der Waals surface area contributed by atoms with E-state index in [0.29, 0.717) is 17.2 Å². The minimum atomic E-state index is -0.417. The fraction of sp³-hybridized carbons (Fsp3) is 0.0435. The maximum absolute atomic E-state index is 8.30. The van der Waals surface area contributed by atoms with Crippen LogP contribution >= 0.6 is 11.3 Å². The summed E-state index contributed by atoms with van der Waals surface area (Å²) < 4.78 is 42.7. The van der Waals surface area contributed by atoms with Crippen molar-refractivity contribution in [1.82, 2.24) is 9.97 Å². The molecular weight excluding hydrogens is 336 g/mol. The van der Waals surface area contributed by atoms with Gasteiger partial charge < -0.3 is 0 Å². The summed E-state index contributed by atoms with van der Waals surface area (Å²) in [5.74, 6) is 0.468. The molecule has 0 unspecified atom stereocenters. The van der Waals surface area contributed by atoms with Crippen LogP contribution in [0.5, 0.6) is 0 Å². The van der Waals surface area contributed by atoms with Crippen LogP contribution in [0.3, 0.4) is 0 Å². The number of nitrogens with zero attached hydrogens (tertiary/aromatic N) is 2. The van der Waals surface area contributed by atoms with Crippen molar-refractivity contribution in [2.45, 2.75) is 6.92 Å². The Labute approximate surface area is 162 Å². The highest BCUT2D eigenvalue weighted by molar-refractivity contribution is 7.25. The number of fused-ring (bicyclic) bond motifs is 3. The number of hydrogen-bond donors (Lipinski definition) is 0. The van der Waals surface area contributed by atoms with Gasteiger partial charge in [0.25, 0.3) is 0 Å². The van der Waals surface area contributed by atoms with Gasteiger partial charge in [0.1, 0.15) is 5.82 Å². The highest BCUT2D eigenvalue weighted by atomic mass is 32.1. The lowest BCUT2D eigenvalue weighted by atomic mass is 10.0. The third-order valence-electron chi connectivity index (χ3n) is 4.27. The predicted octanol–water partition coefficient (Wildman–Crippen LogP) is 6.49. The van der Waals surface area contributed by atoms with Crippen molar-refractivity contribution in [3.05, 3.63) is 84.6 Å². The summed E-state index contributed by atoms with van der Waals surface area (Å²) in [5, 5.41) is 2.23. The molecule has 2 nitrogen and oxygen atoms in total. The van der Waals surface area contributed by atoms with Gasteiger partial charge in [0, 0.05) is 31.3 Å². The molecule has 0 aliphatic rings. The van der Waals surface area contributed by atoms with Gasteiger partial charge in [0.2, 0.25) is 0 Å². The van der Waals surface area contributed by atoms with E-state index in [1.165, 1.54) is 4.70 Å². The normalized spacial score (nSPS) is 14.0. The third kappa shape index (κ3) is 2.49. The molecule has 3 heteroatoms. The minimum Gasteiger partial charge on any atom is -0.233 e. The maximum Gasteiger partial charge on any atom is 0.126 e. The summed E-state index contributed by atoms with van der Waals surface area (Å²) in [6.45, 7) is 1.74. The first-order valence-corrected chi connectivity index (χ1v) is 9.02. The van der Waals surface area contributed by atoms with E-state index >= 15 is 0 Å². The highest BCUT2D eigenvalue weighted by Crippen LogP contribution is 2.39. The van der Waals surface area contributed by atoms with Gasteiger partial charge in [0.15, 0.2) is 0 Å². The van der Waals surface area contributed by atoms with Crippen LogP contribution in [0.15, 0.2) is 78.7 Å². The molecule has 0 radical (unpaired) electrons. The van der Waals surface area contributed by atoms with E-state index in [9.17, 15) is 0 Å². The van der Waals surface area contributed by atoms with Crippen LogP contribution < -0.4 is 0 Å². The Balaban J connectivity index is 1.81. The second kappa shape index (κ2) is 6.04. The van der Waals surface area contributed by atoms with Gasteiger partial charge in [-0.15, -0.1) is 11.3 Å². The second-order valence-electron chi connectivity index (χ2n) is 5.96. The summed E-state index contributed by atoms with van der Waals surface area (Å²) in [4.78, 5) is 9.04. The number of aryl methyl sites for hydroxylation is 1. The van der Waals surface area contributed by atoms with Gasteiger partial charge in [0.05, 0.1) is 18.2 Å². The molecule has 124 valence electrons. The van der Waals surface area contributed by atoms with Crippen LogP contribution in [0, 0.1) is 6.92 Å². The van der Waals surface area contributed by atoms with Crippen LogP contribution in [0.25, 0.3) is 42.7 Å². The van der Waals surface area contributed by atoms with Crippen LogP contribution in [0.1, 0.15) is 12.7 Å². The van der Waals surface area contributed by atoms with E-state index in [2.05, 4.69) is 28.2 Å². The number of thiophene rings is 1. The lowest BCUT2D eigenvalue weighted by Crippen LogP contribution is -1.94. The van der Waals surface area contributed by atoms with Crippen molar-refractivity contribution in [1.29, 1.82) is 0 Å². The number of benzene rings is 3. The molecule has 0 atom stereocenters. The van der Waals surface area contributed by atoms with Crippen molar-refractivity contribution < 1.29 is 6.85 Å². The van der Waals surface area contributed by atoms with Crippen molar-refractivity contribution in [2.75, 3.05) is 0 Å². The molecule has 0 amide bonds. The summed E-state index contributed by atoms with van der Waals surface area (Å²) in [5.41, 5.74) is 1.98. The average molecular weight is 357 g/mol. The SMILES string of the molecule is [2H]c1c([2H])c([2H])c(-c2cc(-c3cccc4sc5ccccc5c34)nc(C)n2)c([2H])c1[2H]. The van der Waals surface area contributed by atoms with E-state index in [4.69, 9.17) is 6.85 Å². The van der Waals surface area contributed by atoms with Crippen molar-refractivity contribution >= 4 is 31.5 Å². The van der Waals surface area contributed by atoms with Crippen LogP contribution in [0.4, 0.5) is 0 Å². The number of rotatable bonds is 2. The van der Waals surface area contributed by atoms with Crippen molar-refractivity contribution in [2.24, 2.45) is 0 Å². The molecular formula is C23H16N2S. The van der Waals surface area contributed by atoms with E-state index in [1.807, 2.05) is 24.3 Å². The fourth-order valence-electron chi connectivity index (χ4n) is 3.20. The van der Waals surface area contributed by atoms with Crippen LogP contribution in [-0.2, 0) is 0 Å². The average Bonchev–Trinajstić information content (AvgIpc) is 3.15. The van der Waals surface area contributed by atoms with Gasteiger partial charge in [-0.25, -0.2) is 9.97 Å². The zero-order valence-electron chi connectivity index (χ0n) is 18.9. The van der Waals surface area contributed by atoms with Crippen molar-refractivity contribution in [3.63, 3.8) is 0 Å². The minimum absolute atomic E-state index is 0.0834. The zero-order valence-corrected chi connectivity index (χ0v) is 14.7. The molecule has 2 heterocycles. The van der Waals surface area contributed by atoms with E-state index in [0.717, 1.165) is 21.0 Å². The molecule has 0 saturated heterocycles. The quantitative estimate of drug-likeness (QED) is 0.361. The Morgan fingerprint density at radius 3 is 2.50 bits per heavy atom. The van der Waals surface area contributed by atoms with E-state index in [1.54, 1.807) is 24.3 Å². The van der Waals surface area contributed by atoms with Crippen LogP contribution in [-0.4, -0.2) is 9.97 Å². The molecule has 26 heavy (non-hydrogen) atoms. The van der Waals surface area contributed by atoms with E-state index < -0.39 is 6.04 Å². The number of aromatic nitrogens is 2. The number of hydrogen-bond acceptors (Lipinski definition) is 3. The molecule has 0 saturated carbocycles. The molecule has 0 bridgehead atoms. The Bertz CT molecular complexity index is 1480. The lowest BCUT2D eigenvalue weighted by Gasteiger charge is -2.08. The third-order valence-corrected chi connectivity index (χ3v) is 5.41. The largest absolute Gasteiger partial charge is 0.233 e. The Kier molecular flexibility index (Phi) is 2.52. The second-order valence-corrected chi connectivity index (χ2v) is 7.05. The zero-order chi connectivity index (χ0) is 21.9. The van der Waals surface area contributed by atoms with Gasteiger partial charge in [-0.05, 0) is 25.1 Å². The Morgan fingerprint density at radius 1 is 0.846 bits per heavy atom. The molecule has 0 aliphatic carbocycles. The van der Waals surface area contributed by atoms with Gasteiger partial charge in [-0.1, -0.05) is 60.5 Å². The van der Waals surface area contributed by atoms with Crippen LogP contribution in [0.2, 0.25) is 0 Å². The monoisotopic (exact) mass is 357 g/mol. The van der Waals surface area contributed by atoms with Gasteiger partial charge >= 0.3 is 0 Å². The fourth-order valence-corrected chi connectivity index (χ4v) is 4.33. The molecule has 0 N–H and O–H groups in total. The first kappa shape index (κ1) is 10.8. The Morgan fingerprint density at radius 2 is 1.62 bits per heavy atom. The first-order chi connectivity index (χ1) is 14.9. The molecule has 5 aromatic rings. The van der Waals surface area contributed by atoms with Gasteiger partial charge in [-0.2, -0.15) is 0 Å². The smallest absolute Gasteiger partial charge is 0.126 e. The summed E-state index contributed by atoms with van der Waals surface area (Å²) in [7, 11) is 0. The molecule has 5 rings (SSSR count). The predicted molar refractivity (Wildman–Crippen MR) is 111 cm³/mol. The highest BCUT2D eigenvalue weighted by Gasteiger charge is 2.13. The maximum atomic E-state index is 8.30. The molecule has 0 fully saturated rings.